The molecular weight excluding hydrogens is 292 g/mol. The first kappa shape index (κ1) is 16.0. The lowest BCUT2D eigenvalue weighted by atomic mass is 9.78. The van der Waals surface area contributed by atoms with E-state index in [1.807, 2.05) is 0 Å². The van der Waals surface area contributed by atoms with E-state index >= 15 is 0 Å². The molecule has 0 aliphatic heterocycles. The van der Waals surface area contributed by atoms with Crippen molar-refractivity contribution >= 4 is 11.7 Å². The summed E-state index contributed by atoms with van der Waals surface area (Å²) in [5.74, 6) is 0.609. The number of hydrogen-bond donors (Lipinski definition) is 2. The third kappa shape index (κ3) is 3.09. The molecule has 5 heteroatoms. The minimum absolute atomic E-state index is 0.0104. The average Bonchev–Trinajstić information content (AvgIpc) is 2.51. The molecule has 2 N–H and O–H groups in total. The number of fused-ring (bicyclic) bond motifs is 1. The molecule has 1 amide bonds. The van der Waals surface area contributed by atoms with Crippen LogP contribution in [0.2, 0.25) is 0 Å². The number of pyridine rings is 1. The predicted octanol–water partition coefficient (Wildman–Crippen LogP) is 2.45. The van der Waals surface area contributed by atoms with Gasteiger partial charge in [0, 0.05) is 23.7 Å². The first-order valence-corrected chi connectivity index (χ1v) is 8.57. The van der Waals surface area contributed by atoms with Gasteiger partial charge in [0.15, 0.2) is 5.78 Å². The number of amides is 1. The van der Waals surface area contributed by atoms with Crippen molar-refractivity contribution in [1.82, 2.24) is 10.3 Å². The Morgan fingerprint density at radius 2 is 1.96 bits per heavy atom. The van der Waals surface area contributed by atoms with Crippen LogP contribution < -0.4 is 10.9 Å². The van der Waals surface area contributed by atoms with E-state index in [-0.39, 0.29) is 23.3 Å². The number of aryl methyl sites for hydroxylation is 1. The Bertz CT molecular complexity index is 692. The zero-order chi connectivity index (χ0) is 16.6. The first-order chi connectivity index (χ1) is 11.0. The fourth-order valence-electron chi connectivity index (χ4n) is 3.78. The number of ketones is 1. The lowest BCUT2D eigenvalue weighted by Gasteiger charge is -2.34. The highest BCUT2D eigenvalue weighted by Gasteiger charge is 2.29. The third-order valence-corrected chi connectivity index (χ3v) is 5.52. The van der Waals surface area contributed by atoms with Crippen LogP contribution in [0, 0.1) is 11.8 Å². The average molecular weight is 316 g/mol. The second kappa shape index (κ2) is 6.30. The number of nitrogens with one attached hydrogen (secondary N) is 2. The second-order valence-electron chi connectivity index (χ2n) is 7.03. The molecule has 0 spiro atoms. The molecule has 1 saturated carbocycles. The predicted molar refractivity (Wildman–Crippen MR) is 87.8 cm³/mol. The smallest absolute Gasteiger partial charge is 0.261 e. The highest BCUT2D eigenvalue weighted by molar-refractivity contribution is 6.01. The molecule has 0 aromatic carbocycles. The van der Waals surface area contributed by atoms with Crippen molar-refractivity contribution in [1.29, 1.82) is 0 Å². The summed E-state index contributed by atoms with van der Waals surface area (Å²) in [5.41, 5.74) is 0.838. The van der Waals surface area contributed by atoms with Crippen molar-refractivity contribution in [3.8, 4) is 0 Å². The number of carbonyl (C=O) groups is 2. The van der Waals surface area contributed by atoms with E-state index < -0.39 is 5.56 Å². The minimum atomic E-state index is -0.396. The summed E-state index contributed by atoms with van der Waals surface area (Å²) < 4.78 is 0. The van der Waals surface area contributed by atoms with Gasteiger partial charge >= 0.3 is 0 Å². The number of hydrogen-bond acceptors (Lipinski definition) is 3. The van der Waals surface area contributed by atoms with Gasteiger partial charge in [0.2, 0.25) is 0 Å². The molecule has 23 heavy (non-hydrogen) atoms. The van der Waals surface area contributed by atoms with Crippen LogP contribution in [0.4, 0.5) is 0 Å². The fraction of sp³-hybridized carbons (Fsp3) is 0.611. The molecule has 0 saturated heterocycles. The lowest BCUT2D eigenvalue weighted by molar-refractivity contribution is 0.0889. The molecule has 2 aliphatic carbocycles. The molecule has 5 nitrogen and oxygen atoms in total. The number of carbonyl (C=O) groups excluding carboxylic acids is 2. The van der Waals surface area contributed by atoms with Gasteiger partial charge in [-0.1, -0.05) is 26.7 Å². The van der Waals surface area contributed by atoms with Crippen molar-refractivity contribution in [2.75, 3.05) is 0 Å². The first-order valence-electron chi connectivity index (χ1n) is 8.57. The highest BCUT2D eigenvalue weighted by atomic mass is 16.2. The van der Waals surface area contributed by atoms with Crippen molar-refractivity contribution < 1.29 is 9.59 Å². The molecular formula is C18H24N2O3. The Morgan fingerprint density at radius 3 is 2.74 bits per heavy atom. The van der Waals surface area contributed by atoms with E-state index in [1.165, 1.54) is 12.5 Å². The van der Waals surface area contributed by atoms with Gasteiger partial charge in [-0.3, -0.25) is 14.4 Å². The Morgan fingerprint density at radius 1 is 1.17 bits per heavy atom. The van der Waals surface area contributed by atoms with Crippen LogP contribution in [0.5, 0.6) is 0 Å². The van der Waals surface area contributed by atoms with Crippen LogP contribution in [0.3, 0.4) is 0 Å². The monoisotopic (exact) mass is 316 g/mol. The summed E-state index contributed by atoms with van der Waals surface area (Å²) in [7, 11) is 0. The van der Waals surface area contributed by atoms with E-state index in [4.69, 9.17) is 0 Å². The Labute approximate surface area is 135 Å². The summed E-state index contributed by atoms with van der Waals surface area (Å²) in [5, 5.41) is 3.01. The topological polar surface area (TPSA) is 79.0 Å². The van der Waals surface area contributed by atoms with Crippen molar-refractivity contribution in [3.63, 3.8) is 0 Å². The van der Waals surface area contributed by atoms with E-state index in [1.54, 1.807) is 0 Å². The van der Waals surface area contributed by atoms with Gasteiger partial charge in [-0.25, -0.2) is 0 Å². The van der Waals surface area contributed by atoms with Crippen LogP contribution in [0.25, 0.3) is 0 Å². The highest BCUT2D eigenvalue weighted by Crippen LogP contribution is 2.29. The minimum Gasteiger partial charge on any atom is -0.349 e. The molecule has 0 bridgehead atoms. The van der Waals surface area contributed by atoms with E-state index in [0.29, 0.717) is 35.9 Å². The molecule has 1 heterocycles. The molecule has 1 aromatic heterocycles. The maximum atomic E-state index is 12.5. The summed E-state index contributed by atoms with van der Waals surface area (Å²) >= 11 is 0. The number of Topliss-reactive ketones (excluding diaryl/α,β-unsaturated/α-hetero) is 1. The maximum absolute atomic E-state index is 12.5. The third-order valence-electron chi connectivity index (χ3n) is 5.52. The molecule has 2 aliphatic rings. The van der Waals surface area contributed by atoms with Gasteiger partial charge in [-0.2, -0.15) is 0 Å². The van der Waals surface area contributed by atoms with Gasteiger partial charge < -0.3 is 10.3 Å². The van der Waals surface area contributed by atoms with E-state index in [0.717, 1.165) is 19.3 Å². The largest absolute Gasteiger partial charge is 0.349 e. The van der Waals surface area contributed by atoms with E-state index in [2.05, 4.69) is 24.1 Å². The summed E-state index contributed by atoms with van der Waals surface area (Å²) in [6.07, 6.45) is 5.15. The fourth-order valence-corrected chi connectivity index (χ4v) is 3.78. The van der Waals surface area contributed by atoms with Crippen LogP contribution in [-0.4, -0.2) is 22.7 Å². The molecule has 1 aromatic rings. The van der Waals surface area contributed by atoms with Crippen LogP contribution in [0.1, 0.15) is 72.4 Å². The number of H-pyrrole nitrogens is 1. The number of rotatable bonds is 2. The number of aromatic amines is 1. The molecule has 124 valence electrons. The summed E-state index contributed by atoms with van der Waals surface area (Å²) in [4.78, 5) is 39.5. The SMILES string of the molecule is C[C@@H]1[C@H](C)CCC[C@@H]1NC(=O)c1cc2c([nH]c1=O)CCCC2=O. The summed E-state index contributed by atoms with van der Waals surface area (Å²) in [6, 6.07) is 1.58. The standard InChI is InChI=1S/C18H24N2O3/c1-10-5-3-6-14(11(10)2)19-17(22)13-9-12-15(20-18(13)23)7-4-8-16(12)21/h9-11,14H,3-8H2,1-2H3,(H,19,22)(H,20,23)/t10-,11-,14+/m1/s1. The normalized spacial score (nSPS) is 27.4. The molecule has 1 fully saturated rings. The van der Waals surface area contributed by atoms with Gasteiger partial charge in [-0.05, 0) is 37.2 Å². The Kier molecular flexibility index (Phi) is 4.37. The van der Waals surface area contributed by atoms with Crippen LogP contribution in [-0.2, 0) is 6.42 Å². The quantitative estimate of drug-likeness (QED) is 0.879. The Hall–Kier alpha value is -1.91. The van der Waals surface area contributed by atoms with Crippen LogP contribution >= 0.6 is 0 Å². The van der Waals surface area contributed by atoms with Crippen molar-refractivity contribution in [3.05, 3.63) is 33.2 Å². The van der Waals surface area contributed by atoms with Gasteiger partial charge in [0.05, 0.1) is 0 Å². The molecule has 3 atom stereocenters. The van der Waals surface area contributed by atoms with Crippen molar-refractivity contribution in [2.24, 2.45) is 11.8 Å². The van der Waals surface area contributed by atoms with Crippen molar-refractivity contribution in [2.45, 2.75) is 58.4 Å². The van der Waals surface area contributed by atoms with E-state index in [9.17, 15) is 14.4 Å². The maximum Gasteiger partial charge on any atom is 0.261 e. The molecule has 3 rings (SSSR count). The van der Waals surface area contributed by atoms with Gasteiger partial charge in [0.25, 0.3) is 11.5 Å². The molecule has 0 radical (unpaired) electrons. The van der Waals surface area contributed by atoms with Gasteiger partial charge in [0.1, 0.15) is 5.56 Å². The Balaban J connectivity index is 1.84. The van der Waals surface area contributed by atoms with Gasteiger partial charge in [-0.15, -0.1) is 0 Å². The van der Waals surface area contributed by atoms with Crippen LogP contribution in [0.15, 0.2) is 10.9 Å². The second-order valence-corrected chi connectivity index (χ2v) is 7.03. The lowest BCUT2D eigenvalue weighted by Crippen LogP contribution is -2.45. The molecule has 0 unspecified atom stereocenters. The summed E-state index contributed by atoms with van der Waals surface area (Å²) in [6.45, 7) is 4.35. The number of aromatic nitrogens is 1. The zero-order valence-corrected chi connectivity index (χ0v) is 13.8. The zero-order valence-electron chi connectivity index (χ0n) is 13.8.